The van der Waals surface area contributed by atoms with Crippen LogP contribution in [-0.4, -0.2) is 11.8 Å². The number of anilines is 3. The average Bonchev–Trinajstić information content (AvgIpc) is 2.68. The Balaban J connectivity index is 1.85. The third-order valence-electron chi connectivity index (χ3n) is 4.05. The van der Waals surface area contributed by atoms with Gasteiger partial charge in [0.05, 0.1) is 16.8 Å². The summed E-state index contributed by atoms with van der Waals surface area (Å²) in [5.74, 6) is -1.13. The summed E-state index contributed by atoms with van der Waals surface area (Å²) < 4.78 is 38.8. The highest BCUT2D eigenvalue weighted by Crippen LogP contribution is 2.32. The van der Waals surface area contributed by atoms with E-state index in [2.05, 4.69) is 10.6 Å². The molecule has 0 saturated heterocycles. The second kappa shape index (κ2) is 8.05. The molecular weight excluding hydrogens is 383 g/mol. The predicted molar refractivity (Wildman–Crippen MR) is 104 cm³/mol. The van der Waals surface area contributed by atoms with Crippen molar-refractivity contribution in [3.05, 3.63) is 89.5 Å². The molecule has 8 heteroatoms. The molecule has 0 bridgehead atoms. The van der Waals surface area contributed by atoms with Crippen LogP contribution in [0.3, 0.4) is 0 Å². The van der Waals surface area contributed by atoms with Crippen molar-refractivity contribution in [2.45, 2.75) is 6.18 Å². The summed E-state index contributed by atoms with van der Waals surface area (Å²) in [7, 11) is 0. The van der Waals surface area contributed by atoms with Crippen LogP contribution in [0.5, 0.6) is 0 Å². The number of halogens is 3. The van der Waals surface area contributed by atoms with Crippen molar-refractivity contribution < 1.29 is 22.8 Å². The lowest BCUT2D eigenvalue weighted by atomic mass is 10.1. The third kappa shape index (κ3) is 4.92. The first-order chi connectivity index (χ1) is 13.7. The van der Waals surface area contributed by atoms with Gasteiger partial charge in [-0.3, -0.25) is 9.59 Å². The van der Waals surface area contributed by atoms with Gasteiger partial charge in [-0.2, -0.15) is 13.2 Å². The Labute approximate surface area is 164 Å². The normalized spacial score (nSPS) is 11.0. The Hall–Kier alpha value is -3.81. The topological polar surface area (TPSA) is 84.2 Å². The summed E-state index contributed by atoms with van der Waals surface area (Å²) in [6, 6.07) is 17.2. The molecule has 3 aromatic carbocycles. The lowest BCUT2D eigenvalue weighted by Crippen LogP contribution is -2.15. The number of hydrogen-bond acceptors (Lipinski definition) is 3. The van der Waals surface area contributed by atoms with Gasteiger partial charge in [-0.15, -0.1) is 0 Å². The molecular formula is C21H16F3N3O2. The molecule has 0 saturated carbocycles. The fourth-order valence-corrected chi connectivity index (χ4v) is 2.67. The second-order valence-corrected chi connectivity index (χ2v) is 6.15. The zero-order valence-corrected chi connectivity index (χ0v) is 15.0. The zero-order valence-electron chi connectivity index (χ0n) is 15.0. The Morgan fingerprint density at radius 3 is 2.24 bits per heavy atom. The molecule has 0 aliphatic rings. The molecule has 0 unspecified atom stereocenters. The lowest BCUT2D eigenvalue weighted by Gasteiger charge is -2.14. The molecule has 3 rings (SSSR count). The summed E-state index contributed by atoms with van der Waals surface area (Å²) in [6.07, 6.45) is -4.47. The molecule has 3 aromatic rings. The highest BCUT2D eigenvalue weighted by atomic mass is 19.4. The third-order valence-corrected chi connectivity index (χ3v) is 4.05. The number of hydrogen-bond donors (Lipinski definition) is 3. The van der Waals surface area contributed by atoms with Crippen molar-refractivity contribution in [1.29, 1.82) is 0 Å². The van der Waals surface area contributed by atoms with E-state index in [1.165, 1.54) is 30.3 Å². The van der Waals surface area contributed by atoms with Crippen LogP contribution in [-0.2, 0) is 6.18 Å². The van der Waals surface area contributed by atoms with E-state index in [0.717, 1.165) is 12.1 Å². The van der Waals surface area contributed by atoms with Crippen LogP contribution in [0, 0.1) is 0 Å². The zero-order chi connectivity index (χ0) is 21.0. The first kappa shape index (κ1) is 19.9. The predicted octanol–water partition coefficient (Wildman–Crippen LogP) is 4.80. The van der Waals surface area contributed by atoms with Gasteiger partial charge in [0, 0.05) is 16.9 Å². The van der Waals surface area contributed by atoms with E-state index < -0.39 is 23.6 Å². The molecule has 29 heavy (non-hydrogen) atoms. The van der Waals surface area contributed by atoms with E-state index in [1.54, 1.807) is 30.3 Å². The van der Waals surface area contributed by atoms with Crippen molar-refractivity contribution in [1.82, 2.24) is 0 Å². The summed E-state index contributed by atoms with van der Waals surface area (Å²) in [4.78, 5) is 24.0. The maximum absolute atomic E-state index is 12.9. The first-order valence-corrected chi connectivity index (χ1v) is 8.48. The maximum Gasteiger partial charge on any atom is 0.416 e. The number of amides is 2. The van der Waals surface area contributed by atoms with Gasteiger partial charge in [0.1, 0.15) is 0 Å². The number of benzene rings is 3. The van der Waals surface area contributed by atoms with Gasteiger partial charge in [-0.1, -0.05) is 24.3 Å². The van der Waals surface area contributed by atoms with E-state index in [1.807, 2.05) is 0 Å². The van der Waals surface area contributed by atoms with Crippen LogP contribution in [0.25, 0.3) is 0 Å². The number of primary amides is 1. The Bertz CT molecular complexity index is 1060. The minimum atomic E-state index is -4.47. The van der Waals surface area contributed by atoms with Crippen LogP contribution < -0.4 is 16.4 Å². The summed E-state index contributed by atoms with van der Waals surface area (Å²) >= 11 is 0. The summed E-state index contributed by atoms with van der Waals surface area (Å²) in [6.45, 7) is 0. The smallest absolute Gasteiger partial charge is 0.366 e. The number of para-hydroxylation sites is 1. The van der Waals surface area contributed by atoms with Gasteiger partial charge in [-0.25, -0.2) is 0 Å². The highest BCUT2D eigenvalue weighted by molar-refractivity contribution is 6.08. The first-order valence-electron chi connectivity index (χ1n) is 8.48. The molecule has 0 fully saturated rings. The Kier molecular flexibility index (Phi) is 5.54. The van der Waals surface area contributed by atoms with Crippen LogP contribution in [0.15, 0.2) is 72.8 Å². The molecule has 0 aliphatic heterocycles. The minimum absolute atomic E-state index is 0.191. The lowest BCUT2D eigenvalue weighted by molar-refractivity contribution is -0.137. The molecule has 4 N–H and O–H groups in total. The van der Waals surface area contributed by atoms with E-state index in [-0.39, 0.29) is 16.8 Å². The molecule has 0 spiro atoms. The van der Waals surface area contributed by atoms with Crippen molar-refractivity contribution >= 4 is 28.9 Å². The molecule has 0 atom stereocenters. The monoisotopic (exact) mass is 399 g/mol. The molecule has 0 radical (unpaired) electrons. The number of nitrogens with one attached hydrogen (secondary N) is 2. The van der Waals surface area contributed by atoms with E-state index in [4.69, 9.17) is 5.73 Å². The fraction of sp³-hybridized carbons (Fsp3) is 0.0476. The van der Waals surface area contributed by atoms with Gasteiger partial charge < -0.3 is 16.4 Å². The largest absolute Gasteiger partial charge is 0.416 e. The number of carbonyl (C=O) groups is 2. The van der Waals surface area contributed by atoms with Crippen molar-refractivity contribution in [2.24, 2.45) is 5.73 Å². The van der Waals surface area contributed by atoms with Crippen molar-refractivity contribution in [3.8, 4) is 0 Å². The maximum atomic E-state index is 12.9. The van der Waals surface area contributed by atoms with Gasteiger partial charge in [0.25, 0.3) is 5.91 Å². The van der Waals surface area contributed by atoms with Crippen LogP contribution in [0.4, 0.5) is 30.2 Å². The quantitative estimate of drug-likeness (QED) is 0.576. The minimum Gasteiger partial charge on any atom is -0.366 e. The van der Waals surface area contributed by atoms with Gasteiger partial charge in [0.2, 0.25) is 5.91 Å². The van der Waals surface area contributed by atoms with Crippen LogP contribution in [0.2, 0.25) is 0 Å². The molecule has 0 aromatic heterocycles. The molecule has 148 valence electrons. The fourth-order valence-electron chi connectivity index (χ4n) is 2.67. The van der Waals surface area contributed by atoms with E-state index in [9.17, 15) is 22.8 Å². The van der Waals surface area contributed by atoms with Crippen LogP contribution in [0.1, 0.15) is 26.3 Å². The number of nitrogens with two attached hydrogens (primary N) is 1. The molecule has 0 aliphatic carbocycles. The van der Waals surface area contributed by atoms with E-state index in [0.29, 0.717) is 11.4 Å². The SMILES string of the molecule is NC(=O)c1cccc(NC(=O)c2ccccc2Nc2cccc(C(F)(F)F)c2)c1. The van der Waals surface area contributed by atoms with Crippen molar-refractivity contribution in [3.63, 3.8) is 0 Å². The molecule has 0 heterocycles. The summed E-state index contributed by atoms with van der Waals surface area (Å²) in [5, 5.41) is 5.49. The van der Waals surface area contributed by atoms with Gasteiger partial charge in [0.15, 0.2) is 0 Å². The Morgan fingerprint density at radius 1 is 0.828 bits per heavy atom. The number of alkyl halides is 3. The average molecular weight is 399 g/mol. The van der Waals surface area contributed by atoms with E-state index >= 15 is 0 Å². The van der Waals surface area contributed by atoms with Gasteiger partial charge >= 0.3 is 6.18 Å². The molecule has 5 nitrogen and oxygen atoms in total. The van der Waals surface area contributed by atoms with Gasteiger partial charge in [-0.05, 0) is 48.5 Å². The highest BCUT2D eigenvalue weighted by Gasteiger charge is 2.30. The molecule has 2 amide bonds. The standard InChI is InChI=1S/C21H16F3N3O2/c22-21(23,24)14-6-4-8-16(12-14)26-18-10-2-1-9-17(18)20(29)27-15-7-3-5-13(11-15)19(25)28/h1-12,26H,(H2,25,28)(H,27,29). The second-order valence-electron chi connectivity index (χ2n) is 6.15. The number of carbonyl (C=O) groups excluding carboxylic acids is 2. The van der Waals surface area contributed by atoms with Crippen LogP contribution >= 0.6 is 0 Å². The Morgan fingerprint density at radius 2 is 1.52 bits per heavy atom. The number of rotatable bonds is 5. The summed E-state index contributed by atoms with van der Waals surface area (Å²) in [5.41, 5.74) is 5.77. The van der Waals surface area contributed by atoms with Crippen molar-refractivity contribution in [2.75, 3.05) is 10.6 Å².